The molecule has 3 aliphatic rings. The van der Waals surface area contributed by atoms with Crippen LogP contribution < -0.4 is 0 Å². The Labute approximate surface area is 230 Å². The first-order valence-corrected chi connectivity index (χ1v) is 14.8. The van der Waals surface area contributed by atoms with Crippen molar-refractivity contribution in [2.75, 3.05) is 7.11 Å². The highest BCUT2D eigenvalue weighted by molar-refractivity contribution is 5.87. The molecule has 3 fully saturated rings. The highest BCUT2D eigenvalue weighted by Gasteiger charge is 2.68. The van der Waals surface area contributed by atoms with Crippen LogP contribution in [0.3, 0.4) is 0 Å². The van der Waals surface area contributed by atoms with E-state index in [0.717, 1.165) is 38.5 Å². The Bertz CT molecular complexity index is 936. The average Bonchev–Trinajstić information content (AvgIpc) is 2.83. The number of fused-ring (bicyclic) bond motifs is 3. The van der Waals surface area contributed by atoms with Crippen LogP contribution in [-0.2, 0) is 28.7 Å². The molecule has 0 aromatic heterocycles. The molecule has 2 unspecified atom stereocenters. The molecular weight excluding hydrogens is 480 g/mol. The summed E-state index contributed by atoms with van der Waals surface area (Å²) < 4.78 is 11.1. The van der Waals surface area contributed by atoms with Crippen LogP contribution in [0.25, 0.3) is 0 Å². The summed E-state index contributed by atoms with van der Waals surface area (Å²) in [5.41, 5.74) is -0.586. The second-order valence-electron chi connectivity index (χ2n) is 14.3. The first-order chi connectivity index (χ1) is 17.5. The number of hydrogen-bond donors (Lipinski definition) is 0. The van der Waals surface area contributed by atoms with Gasteiger partial charge in [0.1, 0.15) is 17.7 Å². The average molecular weight is 533 g/mol. The van der Waals surface area contributed by atoms with Crippen LogP contribution in [0.4, 0.5) is 0 Å². The van der Waals surface area contributed by atoms with E-state index < -0.39 is 0 Å². The Hall–Kier alpha value is -1.72. The maximum Gasteiger partial charge on any atom is 0.309 e. The van der Waals surface area contributed by atoms with Gasteiger partial charge in [-0.25, -0.2) is 0 Å². The summed E-state index contributed by atoms with van der Waals surface area (Å²) >= 11 is 0. The van der Waals surface area contributed by atoms with Crippen LogP contribution in [0.5, 0.6) is 0 Å². The first kappa shape index (κ1) is 30.8. The predicted molar refractivity (Wildman–Crippen MR) is 147 cm³/mol. The highest BCUT2D eigenvalue weighted by atomic mass is 16.5. The zero-order chi connectivity index (χ0) is 28.7. The van der Waals surface area contributed by atoms with Crippen molar-refractivity contribution in [3.63, 3.8) is 0 Å². The summed E-state index contributed by atoms with van der Waals surface area (Å²) in [4.78, 5) is 50.1. The minimum absolute atomic E-state index is 0.0573. The summed E-state index contributed by atoms with van der Waals surface area (Å²) in [6, 6.07) is 0. The van der Waals surface area contributed by atoms with Gasteiger partial charge in [-0.2, -0.15) is 0 Å². The second kappa shape index (κ2) is 11.0. The molecule has 6 heteroatoms. The first-order valence-electron chi connectivity index (χ1n) is 14.8. The summed E-state index contributed by atoms with van der Waals surface area (Å²) in [6.07, 6.45) is 7.07. The minimum Gasteiger partial charge on any atom is -0.469 e. The number of Topliss-reactive ketones (excluding diaryl/α,β-unsaturated/α-hetero) is 2. The van der Waals surface area contributed by atoms with E-state index in [1.54, 1.807) is 0 Å². The van der Waals surface area contributed by atoms with Gasteiger partial charge in [0.25, 0.3) is 0 Å². The molecule has 0 N–H and O–H groups in total. The Morgan fingerprint density at radius 2 is 1.50 bits per heavy atom. The van der Waals surface area contributed by atoms with Crippen molar-refractivity contribution in [3.05, 3.63) is 0 Å². The minimum atomic E-state index is -0.383. The number of methoxy groups -OCH3 is 1. The molecule has 0 spiro atoms. The summed E-state index contributed by atoms with van der Waals surface area (Å²) in [5.74, 6) is 0.363. The van der Waals surface area contributed by atoms with E-state index in [4.69, 9.17) is 9.47 Å². The molecule has 3 saturated carbocycles. The number of carbonyl (C=O) groups is 4. The molecule has 0 amide bonds. The topological polar surface area (TPSA) is 86.7 Å². The molecule has 0 aromatic rings. The predicted octanol–water partition coefficient (Wildman–Crippen LogP) is 6.72. The Morgan fingerprint density at radius 3 is 2.08 bits per heavy atom. The molecule has 0 aliphatic heterocycles. The number of ether oxygens (including phenoxy) is 2. The van der Waals surface area contributed by atoms with Gasteiger partial charge in [0.2, 0.25) is 0 Å². The van der Waals surface area contributed by atoms with Crippen molar-refractivity contribution in [2.45, 2.75) is 126 Å². The van der Waals surface area contributed by atoms with Crippen LogP contribution in [0, 0.1) is 45.3 Å². The fraction of sp³-hybridized carbons (Fsp3) is 0.875. The van der Waals surface area contributed by atoms with Crippen LogP contribution in [-0.4, -0.2) is 36.7 Å². The smallest absolute Gasteiger partial charge is 0.309 e. The summed E-state index contributed by atoms with van der Waals surface area (Å²) in [6.45, 7) is 16.8. The van der Waals surface area contributed by atoms with Crippen molar-refractivity contribution < 1.29 is 28.7 Å². The normalized spacial score (nSPS) is 38.1. The van der Waals surface area contributed by atoms with Crippen molar-refractivity contribution in [3.8, 4) is 0 Å². The summed E-state index contributed by atoms with van der Waals surface area (Å²) in [7, 11) is 1.47. The van der Waals surface area contributed by atoms with Crippen molar-refractivity contribution in [2.24, 2.45) is 45.3 Å². The number of esters is 2. The lowest BCUT2D eigenvalue weighted by Gasteiger charge is -2.70. The monoisotopic (exact) mass is 532 g/mol. The molecule has 0 bridgehead atoms. The van der Waals surface area contributed by atoms with Gasteiger partial charge in [-0.1, -0.05) is 48.5 Å². The van der Waals surface area contributed by atoms with E-state index >= 15 is 0 Å². The van der Waals surface area contributed by atoms with E-state index in [9.17, 15) is 19.2 Å². The zero-order valence-corrected chi connectivity index (χ0v) is 25.4. The molecule has 3 rings (SSSR count). The number of rotatable bonds is 9. The van der Waals surface area contributed by atoms with Gasteiger partial charge in [0.15, 0.2) is 0 Å². The van der Waals surface area contributed by atoms with Crippen LogP contribution >= 0.6 is 0 Å². The molecular formula is C32H52O6. The van der Waals surface area contributed by atoms with Gasteiger partial charge >= 0.3 is 11.9 Å². The van der Waals surface area contributed by atoms with Gasteiger partial charge in [-0.3, -0.25) is 19.2 Å². The molecule has 0 aromatic carbocycles. The van der Waals surface area contributed by atoms with Gasteiger partial charge in [0, 0.05) is 37.5 Å². The van der Waals surface area contributed by atoms with E-state index in [2.05, 4.69) is 34.6 Å². The Balaban J connectivity index is 1.90. The molecule has 216 valence electrons. The van der Waals surface area contributed by atoms with Crippen molar-refractivity contribution >= 4 is 23.5 Å². The highest BCUT2D eigenvalue weighted by Crippen LogP contribution is 2.73. The number of ketones is 2. The number of hydrogen-bond acceptors (Lipinski definition) is 6. The third-order valence-electron chi connectivity index (χ3n) is 11.8. The lowest BCUT2D eigenvalue weighted by molar-refractivity contribution is -0.232. The SMILES string of the molecule is COC(=O)[C@H]1CCC2[C@@]3(C)CC[C@H](OC(C)=O)C(C)(C)C3CC[C@@]2(C)[C@]1(C)CCC(=O)CCC(=O)C(C)C. The van der Waals surface area contributed by atoms with Crippen LogP contribution in [0.2, 0.25) is 0 Å². The molecule has 0 saturated heterocycles. The molecule has 6 nitrogen and oxygen atoms in total. The van der Waals surface area contributed by atoms with Gasteiger partial charge in [-0.05, 0) is 73.0 Å². The van der Waals surface area contributed by atoms with E-state index in [0.29, 0.717) is 31.1 Å². The fourth-order valence-corrected chi connectivity index (χ4v) is 9.38. The lowest BCUT2D eigenvalue weighted by Crippen LogP contribution is -2.65. The third-order valence-corrected chi connectivity index (χ3v) is 11.8. The van der Waals surface area contributed by atoms with Gasteiger partial charge < -0.3 is 9.47 Å². The third kappa shape index (κ3) is 5.22. The maximum atomic E-state index is 13.1. The zero-order valence-electron chi connectivity index (χ0n) is 25.4. The second-order valence-corrected chi connectivity index (χ2v) is 14.3. The Morgan fingerprint density at radius 1 is 0.842 bits per heavy atom. The van der Waals surface area contributed by atoms with E-state index in [-0.39, 0.29) is 69.5 Å². The van der Waals surface area contributed by atoms with Crippen LogP contribution in [0.15, 0.2) is 0 Å². The molecule has 0 radical (unpaired) electrons. The maximum absolute atomic E-state index is 13.1. The van der Waals surface area contributed by atoms with E-state index in [1.165, 1.54) is 14.0 Å². The molecule has 3 aliphatic carbocycles. The van der Waals surface area contributed by atoms with Gasteiger partial charge in [0.05, 0.1) is 13.0 Å². The molecule has 0 heterocycles. The van der Waals surface area contributed by atoms with E-state index in [1.807, 2.05) is 13.8 Å². The largest absolute Gasteiger partial charge is 0.469 e. The Kier molecular flexibility index (Phi) is 8.95. The molecule has 7 atom stereocenters. The van der Waals surface area contributed by atoms with Crippen molar-refractivity contribution in [1.29, 1.82) is 0 Å². The molecule has 38 heavy (non-hydrogen) atoms. The van der Waals surface area contributed by atoms with Crippen LogP contribution in [0.1, 0.15) is 120 Å². The number of carbonyl (C=O) groups excluding carboxylic acids is 4. The lowest BCUT2D eigenvalue weighted by atomic mass is 9.35. The summed E-state index contributed by atoms with van der Waals surface area (Å²) in [5, 5.41) is 0. The van der Waals surface area contributed by atoms with Crippen molar-refractivity contribution in [1.82, 2.24) is 0 Å². The van der Waals surface area contributed by atoms with Gasteiger partial charge in [-0.15, -0.1) is 0 Å². The standard InChI is InChI=1S/C32H52O6/c1-20(2)24(35)12-10-22(34)14-18-31(7)23(28(36)37-9)11-13-26-30(6)17-16-27(38-21(3)33)29(4,5)25(30)15-19-32(26,31)8/h20,23,25-27H,10-19H2,1-9H3/t23-,25?,26?,27+,30+,31-,32-/m1/s1. The fourth-order valence-electron chi connectivity index (χ4n) is 9.38. The quantitative estimate of drug-likeness (QED) is 0.306.